The van der Waals surface area contributed by atoms with Crippen LogP contribution in [-0.4, -0.2) is 54.0 Å². The van der Waals surface area contributed by atoms with Crippen molar-refractivity contribution in [3.05, 3.63) is 23.7 Å². The van der Waals surface area contributed by atoms with E-state index in [4.69, 9.17) is 9.47 Å². The Morgan fingerprint density at radius 2 is 1.45 bits per heavy atom. The van der Waals surface area contributed by atoms with E-state index in [2.05, 4.69) is 0 Å². The monoisotopic (exact) mass is 406 g/mol. The maximum Gasteiger partial charge on any atom is 0.159 e. The lowest BCUT2D eigenvalue weighted by atomic mass is 9.62. The first-order chi connectivity index (χ1) is 13.8. The third-order valence-electron chi connectivity index (χ3n) is 6.62. The molecule has 2 spiro atoms. The summed E-state index contributed by atoms with van der Waals surface area (Å²) in [5, 5.41) is 19.2. The zero-order valence-corrected chi connectivity index (χ0v) is 16.9. The summed E-state index contributed by atoms with van der Waals surface area (Å²) in [6.45, 7) is 4.04. The van der Waals surface area contributed by atoms with Crippen molar-refractivity contribution >= 4 is 17.3 Å². The number of Topliss-reactive ketones (excluding diaryl/α,β-unsaturated/α-hetero) is 1. The van der Waals surface area contributed by atoms with Crippen LogP contribution in [0.1, 0.15) is 51.9 Å². The Morgan fingerprint density at radius 1 is 0.897 bits per heavy atom. The van der Waals surface area contributed by atoms with Gasteiger partial charge >= 0.3 is 0 Å². The Labute approximate surface area is 170 Å². The first kappa shape index (κ1) is 21.7. The maximum absolute atomic E-state index is 11.6. The lowest BCUT2D eigenvalue weighted by Crippen LogP contribution is -2.44. The fourth-order valence-corrected chi connectivity index (χ4v) is 5.21. The second-order valence-corrected chi connectivity index (χ2v) is 8.80. The molecule has 2 N–H and O–H groups in total. The predicted molar refractivity (Wildman–Crippen MR) is 104 cm³/mol. The Kier molecular flexibility index (Phi) is 6.58. The molecule has 7 nitrogen and oxygen atoms in total. The van der Waals surface area contributed by atoms with Crippen LogP contribution in [-0.2, 0) is 23.9 Å². The lowest BCUT2D eigenvalue weighted by Gasteiger charge is -2.43. The van der Waals surface area contributed by atoms with Gasteiger partial charge in [0.05, 0.1) is 11.7 Å². The number of ketones is 3. The summed E-state index contributed by atoms with van der Waals surface area (Å²) >= 11 is 0. The van der Waals surface area contributed by atoms with Gasteiger partial charge in [-0.25, -0.2) is 0 Å². The number of hydrogen-bond donors (Lipinski definition) is 2. The lowest BCUT2D eigenvalue weighted by molar-refractivity contribution is -0.133. The van der Waals surface area contributed by atoms with Gasteiger partial charge in [-0.15, -0.1) is 0 Å². The second-order valence-electron chi connectivity index (χ2n) is 8.80. The van der Waals surface area contributed by atoms with Gasteiger partial charge in [-0.2, -0.15) is 0 Å². The molecule has 2 aliphatic heterocycles. The maximum atomic E-state index is 11.6. The van der Waals surface area contributed by atoms with E-state index in [1.807, 2.05) is 0 Å². The van der Waals surface area contributed by atoms with E-state index in [-0.39, 0.29) is 34.3 Å². The Balaban J connectivity index is 0.000000169. The average molecular weight is 406 g/mol. The molecule has 4 rings (SSSR count). The number of allylic oxidation sites excluding steroid dienone is 4. The zero-order valence-electron chi connectivity index (χ0n) is 16.9. The molecular formula is C22H30O7. The molecule has 7 heteroatoms. The van der Waals surface area contributed by atoms with Gasteiger partial charge in [0.25, 0.3) is 0 Å². The van der Waals surface area contributed by atoms with Crippen LogP contribution in [0.5, 0.6) is 0 Å². The second kappa shape index (κ2) is 8.79. The molecule has 4 aliphatic rings. The van der Waals surface area contributed by atoms with E-state index in [1.54, 1.807) is 0 Å². The highest BCUT2D eigenvalue weighted by Gasteiger charge is 2.48. The molecule has 0 radical (unpaired) electrons. The van der Waals surface area contributed by atoms with Crippen molar-refractivity contribution in [2.75, 3.05) is 26.4 Å². The fraction of sp³-hybridized carbons (Fsp3) is 0.682. The van der Waals surface area contributed by atoms with Crippen LogP contribution >= 0.6 is 0 Å². The molecule has 1 unspecified atom stereocenters. The van der Waals surface area contributed by atoms with Crippen molar-refractivity contribution in [3.63, 3.8) is 0 Å². The SMILES string of the molecule is CC(=O)C1C(O)=CC(=O)CC12CCOCC2.O=C1C=C(O)CC2(CCOCC2)C1. The molecule has 2 heterocycles. The molecule has 29 heavy (non-hydrogen) atoms. The average Bonchev–Trinajstić information content (AvgIpc) is 2.61. The van der Waals surface area contributed by atoms with Crippen molar-refractivity contribution in [2.24, 2.45) is 16.7 Å². The fourth-order valence-electron chi connectivity index (χ4n) is 5.21. The van der Waals surface area contributed by atoms with Gasteiger partial charge in [0.15, 0.2) is 11.6 Å². The summed E-state index contributed by atoms with van der Waals surface area (Å²) in [6, 6.07) is 0. The first-order valence-corrected chi connectivity index (χ1v) is 10.3. The summed E-state index contributed by atoms with van der Waals surface area (Å²) in [6.07, 6.45) is 7.29. The minimum absolute atomic E-state index is 0.00810. The van der Waals surface area contributed by atoms with Crippen molar-refractivity contribution < 1.29 is 34.1 Å². The Hall–Kier alpha value is -1.99. The molecule has 2 fully saturated rings. The van der Waals surface area contributed by atoms with Gasteiger partial charge in [-0.3, -0.25) is 14.4 Å². The van der Waals surface area contributed by atoms with Gasteiger partial charge in [-0.1, -0.05) is 0 Å². The van der Waals surface area contributed by atoms with E-state index < -0.39 is 11.3 Å². The summed E-state index contributed by atoms with van der Waals surface area (Å²) in [4.78, 5) is 34.4. The molecule has 0 amide bonds. The Morgan fingerprint density at radius 3 is 2.00 bits per heavy atom. The van der Waals surface area contributed by atoms with E-state index in [1.165, 1.54) is 19.1 Å². The summed E-state index contributed by atoms with van der Waals surface area (Å²) in [5.74, 6) is -0.427. The summed E-state index contributed by atoms with van der Waals surface area (Å²) < 4.78 is 10.5. The number of carbonyl (C=O) groups is 3. The largest absolute Gasteiger partial charge is 0.512 e. The minimum Gasteiger partial charge on any atom is -0.512 e. The third kappa shape index (κ3) is 4.95. The number of rotatable bonds is 1. The molecule has 160 valence electrons. The number of carbonyl (C=O) groups excluding carboxylic acids is 3. The molecule has 0 aromatic heterocycles. The van der Waals surface area contributed by atoms with E-state index >= 15 is 0 Å². The van der Waals surface area contributed by atoms with Gasteiger partial charge in [0.2, 0.25) is 0 Å². The van der Waals surface area contributed by atoms with Crippen LogP contribution in [0, 0.1) is 16.7 Å². The Bertz CT molecular complexity index is 721. The minimum atomic E-state index is -0.519. The molecule has 1 atom stereocenters. The highest BCUT2D eigenvalue weighted by Crippen LogP contribution is 2.47. The highest BCUT2D eigenvalue weighted by molar-refractivity contribution is 5.95. The van der Waals surface area contributed by atoms with Crippen molar-refractivity contribution in [3.8, 4) is 0 Å². The quantitative estimate of drug-likeness (QED) is 0.689. The number of hydrogen-bond acceptors (Lipinski definition) is 7. The van der Waals surface area contributed by atoms with Gasteiger partial charge in [0, 0.05) is 57.8 Å². The van der Waals surface area contributed by atoms with E-state index in [0.717, 1.165) is 26.1 Å². The third-order valence-corrected chi connectivity index (χ3v) is 6.62. The molecule has 0 bridgehead atoms. The molecule has 0 aromatic carbocycles. The standard InChI is InChI=1S/C12H16O4.C10H14O3/c1-8(13)11-10(15)6-9(14)7-12(11)2-4-16-5-3-12;11-8-5-9(12)7-10(6-8)1-3-13-4-2-10/h6,11,15H,2-5,7H2,1H3;5,11H,1-4,6-7H2. The molecule has 2 saturated heterocycles. The van der Waals surface area contributed by atoms with Gasteiger partial charge in [-0.05, 0) is 43.4 Å². The number of ether oxygens (including phenoxy) is 2. The van der Waals surface area contributed by atoms with Crippen LogP contribution in [0.15, 0.2) is 23.7 Å². The topological polar surface area (TPSA) is 110 Å². The zero-order chi connectivity index (χ0) is 21.1. The smallest absolute Gasteiger partial charge is 0.159 e. The molecule has 0 aromatic rings. The van der Waals surface area contributed by atoms with Crippen LogP contribution in [0.4, 0.5) is 0 Å². The molecule has 2 aliphatic carbocycles. The first-order valence-electron chi connectivity index (χ1n) is 10.3. The number of aliphatic hydroxyl groups is 2. The van der Waals surface area contributed by atoms with E-state index in [9.17, 15) is 24.6 Å². The van der Waals surface area contributed by atoms with Gasteiger partial charge in [0.1, 0.15) is 11.5 Å². The summed E-state index contributed by atoms with van der Waals surface area (Å²) in [7, 11) is 0. The highest BCUT2D eigenvalue weighted by atomic mass is 16.5. The molecule has 0 saturated carbocycles. The van der Waals surface area contributed by atoms with Crippen molar-refractivity contribution in [1.29, 1.82) is 0 Å². The molecular weight excluding hydrogens is 376 g/mol. The predicted octanol–water partition coefficient (Wildman–Crippen LogP) is 2.99. The van der Waals surface area contributed by atoms with Crippen LogP contribution in [0.2, 0.25) is 0 Å². The van der Waals surface area contributed by atoms with Crippen molar-refractivity contribution in [2.45, 2.75) is 51.9 Å². The van der Waals surface area contributed by atoms with Crippen LogP contribution < -0.4 is 0 Å². The van der Waals surface area contributed by atoms with E-state index in [0.29, 0.717) is 45.3 Å². The van der Waals surface area contributed by atoms with Gasteiger partial charge < -0.3 is 19.7 Å². The summed E-state index contributed by atoms with van der Waals surface area (Å²) in [5.41, 5.74) is -0.395. The number of aliphatic hydroxyl groups excluding tert-OH is 2. The van der Waals surface area contributed by atoms with Crippen LogP contribution in [0.3, 0.4) is 0 Å². The van der Waals surface area contributed by atoms with Crippen LogP contribution in [0.25, 0.3) is 0 Å². The normalized spacial score (nSPS) is 28.2. The van der Waals surface area contributed by atoms with Crippen molar-refractivity contribution in [1.82, 2.24) is 0 Å².